The lowest BCUT2D eigenvalue weighted by Crippen LogP contribution is -1.93. The van der Waals surface area contributed by atoms with Crippen molar-refractivity contribution in [1.82, 2.24) is 0 Å². The van der Waals surface area contributed by atoms with Gasteiger partial charge in [0, 0.05) is 5.56 Å². The third-order valence-electron chi connectivity index (χ3n) is 4.26. The van der Waals surface area contributed by atoms with E-state index >= 15 is 0 Å². The van der Waals surface area contributed by atoms with Crippen LogP contribution in [0.3, 0.4) is 0 Å². The molecule has 0 saturated carbocycles. The molecule has 0 aromatic heterocycles. The van der Waals surface area contributed by atoms with Gasteiger partial charge in [0.15, 0.2) is 0 Å². The number of aromatic hydroxyl groups is 1. The molecular formula is C22H22O. The van der Waals surface area contributed by atoms with Gasteiger partial charge < -0.3 is 5.11 Å². The molecule has 0 heterocycles. The number of rotatable bonds is 4. The van der Waals surface area contributed by atoms with Crippen LogP contribution in [-0.4, -0.2) is 5.11 Å². The molecule has 3 aromatic rings. The molecule has 0 aliphatic heterocycles. The fourth-order valence-corrected chi connectivity index (χ4v) is 3.08. The Kier molecular flexibility index (Phi) is 4.47. The summed E-state index contributed by atoms with van der Waals surface area (Å²) >= 11 is 0. The zero-order valence-electron chi connectivity index (χ0n) is 13.7. The summed E-state index contributed by atoms with van der Waals surface area (Å²) in [6, 6.07) is 22.5. The van der Waals surface area contributed by atoms with Crippen LogP contribution in [0.5, 0.6) is 5.75 Å². The second kappa shape index (κ2) is 6.70. The van der Waals surface area contributed by atoms with E-state index < -0.39 is 0 Å². The van der Waals surface area contributed by atoms with E-state index in [1.54, 1.807) is 0 Å². The molecule has 3 aromatic carbocycles. The molecule has 0 atom stereocenters. The number of aryl methyl sites for hydroxylation is 2. The van der Waals surface area contributed by atoms with Crippen molar-refractivity contribution in [3.05, 3.63) is 77.9 Å². The van der Waals surface area contributed by atoms with Gasteiger partial charge in [0.2, 0.25) is 0 Å². The van der Waals surface area contributed by atoms with Gasteiger partial charge in [-0.15, -0.1) is 0 Å². The molecule has 0 spiro atoms. The highest BCUT2D eigenvalue weighted by molar-refractivity contribution is 5.79. The lowest BCUT2D eigenvalue weighted by Gasteiger charge is -2.15. The molecular weight excluding hydrogens is 280 g/mol. The summed E-state index contributed by atoms with van der Waals surface area (Å²) in [6.45, 7) is 4.31. The minimum atomic E-state index is 0.342. The smallest absolute Gasteiger partial charge is 0.124 e. The van der Waals surface area contributed by atoms with E-state index in [4.69, 9.17) is 0 Å². The van der Waals surface area contributed by atoms with Crippen molar-refractivity contribution in [1.29, 1.82) is 0 Å². The largest absolute Gasteiger partial charge is 0.507 e. The lowest BCUT2D eigenvalue weighted by molar-refractivity contribution is 0.477. The van der Waals surface area contributed by atoms with Crippen molar-refractivity contribution < 1.29 is 5.11 Å². The Bertz CT molecular complexity index is 803. The normalized spacial score (nSPS) is 10.7. The SMILES string of the molecule is CCCc1cc(-c2ccccc2)c(O)cc1-c1ccccc1C. The van der Waals surface area contributed by atoms with Crippen molar-refractivity contribution >= 4 is 0 Å². The number of phenols is 1. The van der Waals surface area contributed by atoms with Crippen molar-refractivity contribution in [2.24, 2.45) is 0 Å². The Morgan fingerprint density at radius 1 is 0.783 bits per heavy atom. The van der Waals surface area contributed by atoms with Gasteiger partial charge in [0.05, 0.1) is 0 Å². The number of hydrogen-bond acceptors (Lipinski definition) is 1. The molecule has 0 aliphatic carbocycles. The van der Waals surface area contributed by atoms with E-state index in [2.05, 4.69) is 44.2 Å². The van der Waals surface area contributed by atoms with Crippen LogP contribution < -0.4 is 0 Å². The molecule has 0 radical (unpaired) electrons. The lowest BCUT2D eigenvalue weighted by atomic mass is 9.90. The molecule has 23 heavy (non-hydrogen) atoms. The van der Waals surface area contributed by atoms with E-state index in [9.17, 15) is 5.11 Å². The molecule has 0 unspecified atom stereocenters. The van der Waals surface area contributed by atoms with Crippen molar-refractivity contribution in [2.75, 3.05) is 0 Å². The molecule has 0 amide bonds. The fourth-order valence-electron chi connectivity index (χ4n) is 3.08. The van der Waals surface area contributed by atoms with Gasteiger partial charge in [-0.3, -0.25) is 0 Å². The Morgan fingerprint density at radius 2 is 1.48 bits per heavy atom. The first-order valence-electron chi connectivity index (χ1n) is 8.18. The van der Waals surface area contributed by atoms with Crippen LogP contribution in [0.2, 0.25) is 0 Å². The first-order chi connectivity index (χ1) is 11.2. The van der Waals surface area contributed by atoms with Crippen LogP contribution in [0, 0.1) is 6.92 Å². The highest BCUT2D eigenvalue weighted by Crippen LogP contribution is 2.37. The molecule has 116 valence electrons. The van der Waals surface area contributed by atoms with E-state index in [0.717, 1.165) is 29.5 Å². The van der Waals surface area contributed by atoms with Crippen molar-refractivity contribution in [2.45, 2.75) is 26.7 Å². The molecule has 0 saturated heterocycles. The average molecular weight is 302 g/mol. The molecule has 1 nitrogen and oxygen atoms in total. The maximum atomic E-state index is 10.6. The van der Waals surface area contributed by atoms with Crippen molar-refractivity contribution in [3.8, 4) is 28.0 Å². The first-order valence-corrected chi connectivity index (χ1v) is 8.18. The molecule has 0 fully saturated rings. The maximum absolute atomic E-state index is 10.6. The van der Waals surface area contributed by atoms with Gasteiger partial charge >= 0.3 is 0 Å². The Balaban J connectivity index is 2.19. The van der Waals surface area contributed by atoms with Gasteiger partial charge in [0.25, 0.3) is 0 Å². The van der Waals surface area contributed by atoms with Gasteiger partial charge in [-0.2, -0.15) is 0 Å². The topological polar surface area (TPSA) is 20.2 Å². The highest BCUT2D eigenvalue weighted by atomic mass is 16.3. The summed E-state index contributed by atoms with van der Waals surface area (Å²) in [4.78, 5) is 0. The molecule has 0 bridgehead atoms. The second-order valence-electron chi connectivity index (χ2n) is 5.96. The van der Waals surface area contributed by atoms with E-state index in [1.165, 1.54) is 16.7 Å². The molecule has 0 aliphatic rings. The maximum Gasteiger partial charge on any atom is 0.124 e. The highest BCUT2D eigenvalue weighted by Gasteiger charge is 2.13. The predicted octanol–water partition coefficient (Wildman–Crippen LogP) is 5.99. The Hall–Kier alpha value is -2.54. The summed E-state index contributed by atoms with van der Waals surface area (Å²) in [5.41, 5.74) is 6.83. The zero-order valence-corrected chi connectivity index (χ0v) is 13.7. The van der Waals surface area contributed by atoms with Crippen LogP contribution >= 0.6 is 0 Å². The fraction of sp³-hybridized carbons (Fsp3) is 0.182. The Morgan fingerprint density at radius 3 is 2.17 bits per heavy atom. The van der Waals surface area contributed by atoms with Crippen LogP contribution in [0.1, 0.15) is 24.5 Å². The number of benzene rings is 3. The van der Waals surface area contributed by atoms with Gasteiger partial charge in [-0.05, 0) is 53.3 Å². The summed E-state index contributed by atoms with van der Waals surface area (Å²) in [5, 5.41) is 10.6. The molecule has 1 N–H and O–H groups in total. The summed E-state index contributed by atoms with van der Waals surface area (Å²) in [5.74, 6) is 0.342. The predicted molar refractivity (Wildman–Crippen MR) is 97.7 cm³/mol. The molecule has 1 heteroatoms. The van der Waals surface area contributed by atoms with E-state index in [0.29, 0.717) is 5.75 Å². The number of phenolic OH excluding ortho intramolecular Hbond substituents is 1. The van der Waals surface area contributed by atoms with Gasteiger partial charge in [-0.25, -0.2) is 0 Å². The third kappa shape index (κ3) is 3.14. The monoisotopic (exact) mass is 302 g/mol. The first kappa shape index (κ1) is 15.4. The zero-order chi connectivity index (χ0) is 16.2. The summed E-state index contributed by atoms with van der Waals surface area (Å²) in [6.07, 6.45) is 2.08. The van der Waals surface area contributed by atoms with E-state index in [-0.39, 0.29) is 0 Å². The average Bonchev–Trinajstić information content (AvgIpc) is 2.58. The standard InChI is InChI=1S/C22H22O/c1-3-9-18-14-21(17-11-5-4-6-12-17)22(23)15-20(18)19-13-8-7-10-16(19)2/h4-8,10-15,23H,3,9H2,1-2H3. The summed E-state index contributed by atoms with van der Waals surface area (Å²) < 4.78 is 0. The minimum absolute atomic E-state index is 0.342. The Labute approximate surface area is 138 Å². The second-order valence-corrected chi connectivity index (χ2v) is 5.96. The van der Waals surface area contributed by atoms with E-state index in [1.807, 2.05) is 36.4 Å². The van der Waals surface area contributed by atoms with Crippen LogP contribution in [0.25, 0.3) is 22.3 Å². The van der Waals surface area contributed by atoms with Crippen molar-refractivity contribution in [3.63, 3.8) is 0 Å². The van der Waals surface area contributed by atoms with Crippen LogP contribution in [0.15, 0.2) is 66.7 Å². The summed E-state index contributed by atoms with van der Waals surface area (Å²) in [7, 11) is 0. The van der Waals surface area contributed by atoms with Gasteiger partial charge in [-0.1, -0.05) is 67.9 Å². The minimum Gasteiger partial charge on any atom is -0.507 e. The molecule has 3 rings (SSSR count). The number of hydrogen-bond donors (Lipinski definition) is 1. The quantitative estimate of drug-likeness (QED) is 0.628. The van der Waals surface area contributed by atoms with Crippen LogP contribution in [-0.2, 0) is 6.42 Å². The van der Waals surface area contributed by atoms with Crippen LogP contribution in [0.4, 0.5) is 0 Å². The van der Waals surface area contributed by atoms with Gasteiger partial charge in [0.1, 0.15) is 5.75 Å². The third-order valence-corrected chi connectivity index (χ3v) is 4.26.